The van der Waals surface area contributed by atoms with Crippen LogP contribution in [0.4, 0.5) is 0 Å². The molecule has 3 heteroatoms. The van der Waals surface area contributed by atoms with Gasteiger partial charge >= 0.3 is 5.97 Å². The van der Waals surface area contributed by atoms with Crippen LogP contribution < -0.4 is 0 Å². The van der Waals surface area contributed by atoms with Gasteiger partial charge in [-0.3, -0.25) is 4.79 Å². The average molecular weight is 354 g/mol. The topological polar surface area (TPSA) is 57.5 Å². The molecule has 0 amide bonds. The second-order valence-corrected chi connectivity index (χ2v) is 9.05. The Bertz CT molecular complexity index is 742. The Labute approximate surface area is 156 Å². The van der Waals surface area contributed by atoms with Gasteiger partial charge in [0.2, 0.25) is 0 Å². The molecule has 0 aromatic heterocycles. The van der Waals surface area contributed by atoms with Crippen molar-refractivity contribution < 1.29 is 15.0 Å². The van der Waals surface area contributed by atoms with Crippen LogP contribution in [-0.2, 0) is 22.0 Å². The predicted octanol–water partition coefficient (Wildman–Crippen LogP) is 5.40. The first-order chi connectivity index (χ1) is 11.9. The van der Waals surface area contributed by atoms with Gasteiger partial charge in [-0.1, -0.05) is 84.0 Å². The van der Waals surface area contributed by atoms with Gasteiger partial charge in [-0.05, 0) is 39.5 Å². The highest BCUT2D eigenvalue weighted by molar-refractivity contribution is 5.77. The third-order valence-electron chi connectivity index (χ3n) is 4.73. The zero-order valence-electron chi connectivity index (χ0n) is 16.6. The molecule has 0 aliphatic carbocycles. The largest absolute Gasteiger partial charge is 0.507 e. The lowest BCUT2D eigenvalue weighted by Crippen LogP contribution is -2.21. The van der Waals surface area contributed by atoms with Crippen molar-refractivity contribution in [3.8, 4) is 5.75 Å². The van der Waals surface area contributed by atoms with E-state index in [0.717, 1.165) is 22.3 Å². The van der Waals surface area contributed by atoms with Crippen molar-refractivity contribution in [3.63, 3.8) is 0 Å². The van der Waals surface area contributed by atoms with Crippen molar-refractivity contribution in [1.82, 2.24) is 0 Å². The number of aliphatic carboxylic acids is 1. The predicted molar refractivity (Wildman–Crippen MR) is 106 cm³/mol. The standard InChI is InChI=1S/C23H30O3/c1-22(2,3)18-13-16(14-19(20(18)24)23(4,5)6)17(21(25)26)12-15-10-8-7-9-11-15/h7-11,13-14,17,24H,12H2,1-6H3,(H,25,26). The summed E-state index contributed by atoms with van der Waals surface area (Å²) in [6.45, 7) is 12.2. The summed E-state index contributed by atoms with van der Waals surface area (Å²) in [6.07, 6.45) is 0.425. The number of hydrogen-bond acceptors (Lipinski definition) is 2. The number of phenolic OH excluding ortho intramolecular Hbond substituents is 1. The molecular weight excluding hydrogens is 324 g/mol. The van der Waals surface area contributed by atoms with Crippen molar-refractivity contribution >= 4 is 5.97 Å². The van der Waals surface area contributed by atoms with Crippen molar-refractivity contribution in [2.24, 2.45) is 0 Å². The highest BCUT2D eigenvalue weighted by atomic mass is 16.4. The van der Waals surface area contributed by atoms with Crippen LogP contribution in [0, 0.1) is 0 Å². The molecule has 2 rings (SSSR count). The molecule has 0 radical (unpaired) electrons. The van der Waals surface area contributed by atoms with Gasteiger partial charge in [0.15, 0.2) is 0 Å². The number of rotatable bonds is 4. The summed E-state index contributed by atoms with van der Waals surface area (Å²) >= 11 is 0. The number of carboxylic acid groups (broad SMARTS) is 1. The highest BCUT2D eigenvalue weighted by Crippen LogP contribution is 2.41. The summed E-state index contributed by atoms with van der Waals surface area (Å²) in [7, 11) is 0. The van der Waals surface area contributed by atoms with Gasteiger partial charge in [-0.2, -0.15) is 0 Å². The van der Waals surface area contributed by atoms with Crippen molar-refractivity contribution in [2.75, 3.05) is 0 Å². The lowest BCUT2D eigenvalue weighted by atomic mass is 9.76. The van der Waals surface area contributed by atoms with Crippen LogP contribution >= 0.6 is 0 Å². The van der Waals surface area contributed by atoms with E-state index in [1.54, 1.807) is 0 Å². The van der Waals surface area contributed by atoms with E-state index in [1.165, 1.54) is 0 Å². The molecule has 0 saturated carbocycles. The number of phenols is 1. The second-order valence-electron chi connectivity index (χ2n) is 9.05. The number of aromatic hydroxyl groups is 1. The summed E-state index contributed by atoms with van der Waals surface area (Å²) in [4.78, 5) is 12.0. The Morgan fingerprint density at radius 1 is 0.923 bits per heavy atom. The first kappa shape index (κ1) is 20.0. The smallest absolute Gasteiger partial charge is 0.311 e. The molecule has 26 heavy (non-hydrogen) atoms. The number of benzene rings is 2. The SMILES string of the molecule is CC(C)(C)c1cc(C(Cc2ccccc2)C(=O)O)cc(C(C)(C)C)c1O. The van der Waals surface area contributed by atoms with Crippen LogP contribution in [0.2, 0.25) is 0 Å². The molecule has 2 aromatic carbocycles. The molecule has 140 valence electrons. The molecule has 0 spiro atoms. The van der Waals surface area contributed by atoms with Crippen LogP contribution in [0.25, 0.3) is 0 Å². The summed E-state index contributed by atoms with van der Waals surface area (Å²) in [6, 6.07) is 13.4. The molecule has 0 fully saturated rings. The van der Waals surface area contributed by atoms with E-state index in [0.29, 0.717) is 6.42 Å². The van der Waals surface area contributed by atoms with Crippen LogP contribution in [0.15, 0.2) is 42.5 Å². The minimum atomic E-state index is -0.848. The third kappa shape index (κ3) is 4.46. The Hall–Kier alpha value is -2.29. The quantitative estimate of drug-likeness (QED) is 0.773. The number of hydrogen-bond donors (Lipinski definition) is 2. The number of carboxylic acids is 1. The van der Waals surface area contributed by atoms with Gasteiger partial charge in [0.25, 0.3) is 0 Å². The van der Waals surface area contributed by atoms with Crippen molar-refractivity contribution in [3.05, 3.63) is 64.7 Å². The molecule has 0 saturated heterocycles. The Balaban J connectivity index is 2.63. The molecular formula is C23H30O3. The summed E-state index contributed by atoms with van der Waals surface area (Å²) in [5.74, 6) is -1.22. The first-order valence-electron chi connectivity index (χ1n) is 9.06. The van der Waals surface area contributed by atoms with E-state index in [-0.39, 0.29) is 16.6 Å². The van der Waals surface area contributed by atoms with Crippen molar-refractivity contribution in [2.45, 2.75) is 64.7 Å². The maximum Gasteiger partial charge on any atom is 0.311 e. The molecule has 0 aliphatic heterocycles. The van der Waals surface area contributed by atoms with E-state index in [1.807, 2.05) is 84.0 Å². The molecule has 1 unspecified atom stereocenters. The van der Waals surface area contributed by atoms with E-state index in [4.69, 9.17) is 0 Å². The normalized spacial score (nSPS) is 13.5. The maximum atomic E-state index is 12.0. The molecule has 2 N–H and O–H groups in total. The van der Waals surface area contributed by atoms with Gasteiger partial charge in [0, 0.05) is 0 Å². The summed E-state index contributed by atoms with van der Waals surface area (Å²) in [5.41, 5.74) is 2.75. The Kier molecular flexibility index (Phi) is 5.50. The lowest BCUT2D eigenvalue weighted by molar-refractivity contribution is -0.138. The fourth-order valence-electron chi connectivity index (χ4n) is 3.20. The van der Waals surface area contributed by atoms with Gasteiger partial charge in [0.1, 0.15) is 5.75 Å². The van der Waals surface area contributed by atoms with Gasteiger partial charge in [0.05, 0.1) is 5.92 Å². The van der Waals surface area contributed by atoms with E-state index in [2.05, 4.69) is 0 Å². The Morgan fingerprint density at radius 2 is 1.38 bits per heavy atom. The lowest BCUT2D eigenvalue weighted by Gasteiger charge is -2.29. The fourth-order valence-corrected chi connectivity index (χ4v) is 3.20. The number of carbonyl (C=O) groups is 1. The maximum absolute atomic E-state index is 12.0. The Morgan fingerprint density at radius 3 is 1.77 bits per heavy atom. The zero-order valence-corrected chi connectivity index (χ0v) is 16.6. The average Bonchev–Trinajstić information content (AvgIpc) is 2.51. The van der Waals surface area contributed by atoms with Gasteiger partial charge < -0.3 is 10.2 Å². The van der Waals surface area contributed by atoms with E-state index < -0.39 is 11.9 Å². The van der Waals surface area contributed by atoms with Gasteiger partial charge in [-0.15, -0.1) is 0 Å². The minimum Gasteiger partial charge on any atom is -0.507 e. The monoisotopic (exact) mass is 354 g/mol. The molecule has 0 aliphatic rings. The molecule has 0 bridgehead atoms. The van der Waals surface area contributed by atoms with Crippen molar-refractivity contribution in [1.29, 1.82) is 0 Å². The zero-order chi connectivity index (χ0) is 19.7. The van der Waals surface area contributed by atoms with E-state index >= 15 is 0 Å². The summed E-state index contributed by atoms with van der Waals surface area (Å²) < 4.78 is 0. The van der Waals surface area contributed by atoms with E-state index in [9.17, 15) is 15.0 Å². The fraction of sp³-hybridized carbons (Fsp3) is 0.435. The minimum absolute atomic E-state index is 0.276. The second kappa shape index (κ2) is 7.14. The van der Waals surface area contributed by atoms with Gasteiger partial charge in [-0.25, -0.2) is 0 Å². The highest BCUT2D eigenvalue weighted by Gasteiger charge is 2.30. The van der Waals surface area contributed by atoms with Crippen LogP contribution in [0.1, 0.15) is 69.7 Å². The molecule has 3 nitrogen and oxygen atoms in total. The first-order valence-corrected chi connectivity index (χ1v) is 9.06. The molecule has 0 heterocycles. The summed E-state index contributed by atoms with van der Waals surface area (Å²) in [5, 5.41) is 20.7. The van der Waals surface area contributed by atoms with Crippen LogP contribution in [-0.4, -0.2) is 16.2 Å². The third-order valence-corrected chi connectivity index (χ3v) is 4.73. The molecule has 1 atom stereocenters. The van der Waals surface area contributed by atoms with Crippen LogP contribution in [0.3, 0.4) is 0 Å². The van der Waals surface area contributed by atoms with Crippen LogP contribution in [0.5, 0.6) is 5.75 Å². The molecule has 2 aromatic rings.